The number of hydrogen-bond donors (Lipinski definition) is 2. The first kappa shape index (κ1) is 19.2. The number of esters is 1. The van der Waals surface area contributed by atoms with Crippen molar-refractivity contribution in [2.45, 2.75) is 13.2 Å². The molecule has 146 valence electrons. The van der Waals surface area contributed by atoms with Gasteiger partial charge in [0.1, 0.15) is 11.3 Å². The summed E-state index contributed by atoms with van der Waals surface area (Å²) in [5, 5.41) is 5.21. The van der Waals surface area contributed by atoms with E-state index in [9.17, 15) is 14.4 Å². The quantitative estimate of drug-likeness (QED) is 0.598. The van der Waals surface area contributed by atoms with Gasteiger partial charge >= 0.3 is 12.0 Å². The summed E-state index contributed by atoms with van der Waals surface area (Å²) in [7, 11) is 1.49. The number of benzene rings is 1. The SMILES string of the molecule is COCc1c(C(=O)OCC(=O)NC(=O)NCc2ccco2)oc2ccccc12. The average Bonchev–Trinajstić information content (AvgIpc) is 3.33. The molecule has 3 amide bonds. The van der Waals surface area contributed by atoms with Crippen LogP contribution >= 0.6 is 0 Å². The highest BCUT2D eigenvalue weighted by molar-refractivity contribution is 5.98. The van der Waals surface area contributed by atoms with E-state index in [0.29, 0.717) is 16.9 Å². The minimum Gasteiger partial charge on any atom is -0.467 e. The third kappa shape index (κ3) is 4.57. The van der Waals surface area contributed by atoms with Gasteiger partial charge in [-0.2, -0.15) is 0 Å². The van der Waals surface area contributed by atoms with Crippen molar-refractivity contribution in [3.63, 3.8) is 0 Å². The standard InChI is InChI=1S/C19H18N2O7/c1-25-10-14-13-6-2-3-7-15(13)28-17(14)18(23)27-11-16(22)21-19(24)20-9-12-5-4-8-26-12/h2-8H,9-11H2,1H3,(H2,20,21,22,24). The number of nitrogens with one attached hydrogen (secondary N) is 2. The minimum atomic E-state index is -0.825. The van der Waals surface area contributed by atoms with Crippen molar-refractivity contribution in [3.8, 4) is 0 Å². The summed E-state index contributed by atoms with van der Waals surface area (Å²) in [5.74, 6) is -1.12. The molecule has 0 radical (unpaired) electrons. The number of rotatable bonds is 7. The molecule has 0 aliphatic heterocycles. The van der Waals surface area contributed by atoms with E-state index in [1.165, 1.54) is 13.4 Å². The Hall–Kier alpha value is -3.59. The Kier molecular flexibility index (Phi) is 6.07. The summed E-state index contributed by atoms with van der Waals surface area (Å²) < 4.78 is 20.7. The maximum Gasteiger partial charge on any atom is 0.375 e. The first-order valence-corrected chi connectivity index (χ1v) is 8.35. The van der Waals surface area contributed by atoms with Crippen LogP contribution in [0, 0.1) is 0 Å². The second-order valence-corrected chi connectivity index (χ2v) is 5.73. The summed E-state index contributed by atoms with van der Waals surface area (Å²) >= 11 is 0. The van der Waals surface area contributed by atoms with Crippen molar-refractivity contribution in [1.82, 2.24) is 10.6 Å². The lowest BCUT2D eigenvalue weighted by atomic mass is 10.1. The molecule has 0 bridgehead atoms. The minimum absolute atomic E-state index is 0.0434. The lowest BCUT2D eigenvalue weighted by Gasteiger charge is -2.06. The topological polar surface area (TPSA) is 120 Å². The van der Waals surface area contributed by atoms with Crippen LogP contribution in [0.25, 0.3) is 11.0 Å². The van der Waals surface area contributed by atoms with Crippen LogP contribution in [0.1, 0.15) is 21.9 Å². The monoisotopic (exact) mass is 386 g/mol. The number of urea groups is 1. The molecular weight excluding hydrogens is 368 g/mol. The molecule has 2 N–H and O–H groups in total. The van der Waals surface area contributed by atoms with Gasteiger partial charge in [-0.3, -0.25) is 10.1 Å². The van der Waals surface area contributed by atoms with E-state index < -0.39 is 24.5 Å². The Morgan fingerprint density at radius 2 is 1.93 bits per heavy atom. The van der Waals surface area contributed by atoms with E-state index in [4.69, 9.17) is 18.3 Å². The lowest BCUT2D eigenvalue weighted by Crippen LogP contribution is -2.41. The predicted molar refractivity (Wildman–Crippen MR) is 96.3 cm³/mol. The summed E-state index contributed by atoms with van der Waals surface area (Å²) in [5.41, 5.74) is 1.03. The number of fused-ring (bicyclic) bond motifs is 1. The van der Waals surface area contributed by atoms with Gasteiger partial charge in [-0.15, -0.1) is 0 Å². The van der Waals surface area contributed by atoms with Crippen LogP contribution < -0.4 is 10.6 Å². The molecule has 2 aromatic heterocycles. The maximum atomic E-state index is 12.3. The number of imide groups is 1. The number of methoxy groups -OCH3 is 1. The zero-order chi connectivity index (χ0) is 19.9. The van der Waals surface area contributed by atoms with Crippen LogP contribution in [-0.4, -0.2) is 31.6 Å². The van der Waals surface area contributed by atoms with E-state index >= 15 is 0 Å². The Labute approximate surface area is 159 Å². The summed E-state index contributed by atoms with van der Waals surface area (Å²) in [4.78, 5) is 35.8. The largest absolute Gasteiger partial charge is 0.467 e. The van der Waals surface area contributed by atoms with Crippen LogP contribution in [0.15, 0.2) is 51.5 Å². The zero-order valence-corrected chi connectivity index (χ0v) is 15.0. The molecule has 0 spiro atoms. The van der Waals surface area contributed by atoms with Gasteiger partial charge in [-0.25, -0.2) is 9.59 Å². The van der Waals surface area contributed by atoms with Gasteiger partial charge in [0.2, 0.25) is 5.76 Å². The first-order chi connectivity index (χ1) is 13.6. The van der Waals surface area contributed by atoms with E-state index in [1.54, 1.807) is 36.4 Å². The fourth-order valence-electron chi connectivity index (χ4n) is 2.54. The highest BCUT2D eigenvalue weighted by atomic mass is 16.5. The van der Waals surface area contributed by atoms with Gasteiger partial charge in [0.05, 0.1) is 19.4 Å². The van der Waals surface area contributed by atoms with Crippen LogP contribution in [0.5, 0.6) is 0 Å². The van der Waals surface area contributed by atoms with Crippen LogP contribution in [0.2, 0.25) is 0 Å². The molecule has 0 atom stereocenters. The van der Waals surface area contributed by atoms with Crippen molar-refractivity contribution in [2.75, 3.05) is 13.7 Å². The van der Waals surface area contributed by atoms with Crippen molar-refractivity contribution in [1.29, 1.82) is 0 Å². The number of carbonyl (C=O) groups is 3. The highest BCUT2D eigenvalue weighted by Gasteiger charge is 2.22. The molecule has 0 aliphatic carbocycles. The van der Waals surface area contributed by atoms with Crippen LogP contribution in [-0.2, 0) is 27.4 Å². The Balaban J connectivity index is 1.54. The molecule has 9 nitrogen and oxygen atoms in total. The van der Waals surface area contributed by atoms with E-state index in [2.05, 4.69) is 10.6 Å². The molecule has 3 rings (SSSR count). The summed E-state index contributed by atoms with van der Waals surface area (Å²) in [6, 6.07) is 9.69. The molecule has 3 aromatic rings. The third-order valence-corrected chi connectivity index (χ3v) is 3.76. The predicted octanol–water partition coefficient (Wildman–Crippen LogP) is 2.36. The van der Waals surface area contributed by atoms with E-state index in [1.807, 2.05) is 0 Å². The molecule has 28 heavy (non-hydrogen) atoms. The first-order valence-electron chi connectivity index (χ1n) is 8.35. The zero-order valence-electron chi connectivity index (χ0n) is 15.0. The summed E-state index contributed by atoms with van der Waals surface area (Å²) in [6.45, 7) is -0.384. The molecule has 0 saturated carbocycles. The third-order valence-electron chi connectivity index (χ3n) is 3.76. The number of ether oxygens (including phenoxy) is 2. The molecular formula is C19H18N2O7. The van der Waals surface area contributed by atoms with Gasteiger partial charge in [-0.05, 0) is 18.2 Å². The molecule has 0 fully saturated rings. The van der Waals surface area contributed by atoms with Gasteiger partial charge in [0, 0.05) is 18.1 Å². The summed E-state index contributed by atoms with van der Waals surface area (Å²) in [6.07, 6.45) is 1.47. The molecule has 2 heterocycles. The van der Waals surface area contributed by atoms with Gasteiger partial charge in [-0.1, -0.05) is 18.2 Å². The molecule has 0 aliphatic rings. The maximum absolute atomic E-state index is 12.3. The van der Waals surface area contributed by atoms with Gasteiger partial charge in [0.25, 0.3) is 5.91 Å². The van der Waals surface area contributed by atoms with Gasteiger partial charge in [0.15, 0.2) is 6.61 Å². The highest BCUT2D eigenvalue weighted by Crippen LogP contribution is 2.27. The molecule has 0 unspecified atom stereocenters. The molecule has 9 heteroatoms. The Morgan fingerprint density at radius 1 is 1.11 bits per heavy atom. The Bertz CT molecular complexity index is 976. The number of furan rings is 2. The average molecular weight is 386 g/mol. The smallest absolute Gasteiger partial charge is 0.375 e. The second kappa shape index (κ2) is 8.87. The van der Waals surface area contributed by atoms with Crippen molar-refractivity contribution in [2.24, 2.45) is 0 Å². The second-order valence-electron chi connectivity index (χ2n) is 5.73. The number of carbonyl (C=O) groups excluding carboxylic acids is 3. The van der Waals surface area contributed by atoms with E-state index in [-0.39, 0.29) is 18.9 Å². The fraction of sp³-hybridized carbons (Fsp3) is 0.211. The van der Waals surface area contributed by atoms with Crippen molar-refractivity contribution < 1.29 is 32.7 Å². The van der Waals surface area contributed by atoms with Crippen LogP contribution in [0.3, 0.4) is 0 Å². The molecule has 0 saturated heterocycles. The number of amides is 3. The normalized spacial score (nSPS) is 10.6. The number of para-hydroxylation sites is 1. The van der Waals surface area contributed by atoms with Crippen molar-refractivity contribution >= 4 is 28.9 Å². The lowest BCUT2D eigenvalue weighted by molar-refractivity contribution is -0.123. The fourth-order valence-corrected chi connectivity index (χ4v) is 2.54. The van der Waals surface area contributed by atoms with E-state index in [0.717, 1.165) is 5.39 Å². The van der Waals surface area contributed by atoms with Crippen molar-refractivity contribution in [3.05, 3.63) is 59.7 Å². The van der Waals surface area contributed by atoms with Gasteiger partial charge < -0.3 is 23.6 Å². The Morgan fingerprint density at radius 3 is 2.68 bits per heavy atom. The number of hydrogen-bond acceptors (Lipinski definition) is 7. The van der Waals surface area contributed by atoms with Crippen LogP contribution in [0.4, 0.5) is 4.79 Å². The molecule has 1 aromatic carbocycles.